The summed E-state index contributed by atoms with van der Waals surface area (Å²) in [6.45, 7) is 5.68. The lowest BCUT2D eigenvalue weighted by Crippen LogP contribution is -2.62. The summed E-state index contributed by atoms with van der Waals surface area (Å²) in [5.41, 5.74) is 2.03. The molecule has 2 aliphatic rings. The van der Waals surface area contributed by atoms with Gasteiger partial charge in [0.1, 0.15) is 5.56 Å². The standard InChI is InChI=1S/C17H24N6O2/c1-20-3-4-21-5-6-22(12-14(21)11-20)17(25)15-9-19-23-10-13(2-7-24)8-18-16(15)23/h8-10,14,24H,2-7,11-12H2,1H3. The monoisotopic (exact) mass is 344 g/mol. The average molecular weight is 344 g/mol. The van der Waals surface area contributed by atoms with Gasteiger partial charge in [0.15, 0.2) is 5.65 Å². The molecule has 0 saturated carbocycles. The smallest absolute Gasteiger partial charge is 0.259 e. The van der Waals surface area contributed by atoms with E-state index in [4.69, 9.17) is 5.11 Å². The molecule has 0 spiro atoms. The van der Waals surface area contributed by atoms with E-state index in [1.807, 2.05) is 11.1 Å². The lowest BCUT2D eigenvalue weighted by atomic mass is 10.1. The van der Waals surface area contributed by atoms with Crippen molar-refractivity contribution in [3.8, 4) is 0 Å². The Hall–Kier alpha value is -2.03. The fraction of sp³-hybridized carbons (Fsp3) is 0.588. The first-order valence-corrected chi connectivity index (χ1v) is 8.80. The number of aromatic nitrogens is 3. The van der Waals surface area contributed by atoms with Gasteiger partial charge in [-0.25, -0.2) is 9.50 Å². The molecule has 4 rings (SSSR count). The predicted molar refractivity (Wildman–Crippen MR) is 92.5 cm³/mol. The number of carbonyl (C=O) groups excluding carboxylic acids is 1. The van der Waals surface area contributed by atoms with E-state index in [1.165, 1.54) is 0 Å². The third kappa shape index (κ3) is 3.12. The third-order valence-electron chi connectivity index (χ3n) is 5.22. The van der Waals surface area contributed by atoms with Crippen LogP contribution in [0.1, 0.15) is 15.9 Å². The van der Waals surface area contributed by atoms with Gasteiger partial charge in [0.05, 0.1) is 6.20 Å². The van der Waals surface area contributed by atoms with Gasteiger partial charge in [-0.15, -0.1) is 0 Å². The number of hydrogen-bond acceptors (Lipinski definition) is 6. The quantitative estimate of drug-likeness (QED) is 0.796. The lowest BCUT2D eigenvalue weighted by molar-refractivity contribution is 0.0191. The summed E-state index contributed by atoms with van der Waals surface area (Å²) in [5.74, 6) is 0.00489. The van der Waals surface area contributed by atoms with Gasteiger partial charge >= 0.3 is 0 Å². The number of likely N-dealkylation sites (N-methyl/N-ethyl adjacent to an activating group) is 1. The van der Waals surface area contributed by atoms with Crippen molar-refractivity contribution in [1.29, 1.82) is 0 Å². The highest BCUT2D eigenvalue weighted by Gasteiger charge is 2.33. The number of piperazine rings is 2. The highest BCUT2D eigenvalue weighted by molar-refractivity contribution is 5.99. The maximum atomic E-state index is 13.0. The molecular weight excluding hydrogens is 320 g/mol. The second-order valence-corrected chi connectivity index (χ2v) is 6.97. The van der Waals surface area contributed by atoms with Gasteiger partial charge in [-0.05, 0) is 19.0 Å². The van der Waals surface area contributed by atoms with Crippen LogP contribution in [0.15, 0.2) is 18.6 Å². The summed E-state index contributed by atoms with van der Waals surface area (Å²) in [4.78, 5) is 24.1. The molecule has 2 saturated heterocycles. The van der Waals surface area contributed by atoms with E-state index >= 15 is 0 Å². The first-order chi connectivity index (χ1) is 12.2. The molecule has 25 heavy (non-hydrogen) atoms. The Balaban J connectivity index is 1.53. The van der Waals surface area contributed by atoms with E-state index in [1.54, 1.807) is 16.9 Å². The summed E-state index contributed by atoms with van der Waals surface area (Å²) in [6.07, 6.45) is 5.66. The molecule has 4 heterocycles. The van der Waals surface area contributed by atoms with Crippen molar-refractivity contribution in [3.63, 3.8) is 0 Å². The minimum atomic E-state index is 0.00489. The van der Waals surface area contributed by atoms with Gasteiger partial charge in [0, 0.05) is 64.3 Å². The van der Waals surface area contributed by atoms with Crippen molar-refractivity contribution in [3.05, 3.63) is 29.7 Å². The predicted octanol–water partition coefficient (Wildman–Crippen LogP) is -0.664. The van der Waals surface area contributed by atoms with Crippen LogP contribution >= 0.6 is 0 Å². The Morgan fingerprint density at radius 1 is 1.24 bits per heavy atom. The number of rotatable bonds is 3. The Morgan fingerprint density at radius 2 is 2.08 bits per heavy atom. The minimum Gasteiger partial charge on any atom is -0.396 e. The first kappa shape index (κ1) is 16.4. The van der Waals surface area contributed by atoms with Crippen molar-refractivity contribution >= 4 is 11.6 Å². The highest BCUT2D eigenvalue weighted by Crippen LogP contribution is 2.18. The number of carbonyl (C=O) groups is 1. The van der Waals surface area contributed by atoms with Gasteiger partial charge < -0.3 is 14.9 Å². The van der Waals surface area contributed by atoms with Gasteiger partial charge in [0.25, 0.3) is 5.91 Å². The lowest BCUT2D eigenvalue weighted by Gasteiger charge is -2.46. The molecule has 1 unspecified atom stereocenters. The molecular formula is C17H24N6O2. The van der Waals surface area contributed by atoms with Crippen LogP contribution in [0.2, 0.25) is 0 Å². The molecule has 8 heteroatoms. The van der Waals surface area contributed by atoms with Crippen LogP contribution in [-0.2, 0) is 6.42 Å². The summed E-state index contributed by atoms with van der Waals surface area (Å²) in [5, 5.41) is 13.3. The Bertz CT molecular complexity index is 776. The van der Waals surface area contributed by atoms with Gasteiger partial charge in [-0.1, -0.05) is 0 Å². The highest BCUT2D eigenvalue weighted by atomic mass is 16.3. The van der Waals surface area contributed by atoms with Crippen LogP contribution in [0, 0.1) is 0 Å². The molecule has 2 aliphatic heterocycles. The van der Waals surface area contributed by atoms with E-state index in [0.717, 1.165) is 44.8 Å². The van der Waals surface area contributed by atoms with Crippen molar-refractivity contribution < 1.29 is 9.90 Å². The number of amides is 1. The molecule has 1 amide bonds. The maximum absolute atomic E-state index is 13.0. The topological polar surface area (TPSA) is 77.2 Å². The molecule has 0 bridgehead atoms. The third-order valence-corrected chi connectivity index (χ3v) is 5.22. The van der Waals surface area contributed by atoms with Crippen molar-refractivity contribution in [2.45, 2.75) is 12.5 Å². The average Bonchev–Trinajstić information content (AvgIpc) is 3.04. The van der Waals surface area contributed by atoms with Crippen molar-refractivity contribution in [2.24, 2.45) is 0 Å². The molecule has 0 radical (unpaired) electrons. The van der Waals surface area contributed by atoms with Crippen LogP contribution in [0.3, 0.4) is 0 Å². The van der Waals surface area contributed by atoms with Gasteiger partial charge in [0.2, 0.25) is 0 Å². The van der Waals surface area contributed by atoms with Crippen LogP contribution in [0.4, 0.5) is 0 Å². The molecule has 134 valence electrons. The number of nitrogens with zero attached hydrogens (tertiary/aromatic N) is 6. The summed E-state index contributed by atoms with van der Waals surface area (Å²) in [6, 6.07) is 0.405. The molecule has 1 atom stereocenters. The fourth-order valence-electron chi connectivity index (χ4n) is 3.79. The second-order valence-electron chi connectivity index (χ2n) is 6.97. The SMILES string of the molecule is CN1CCN2CCN(C(=O)c3cnn4cc(CCO)cnc34)CC2C1. The maximum Gasteiger partial charge on any atom is 0.259 e. The first-order valence-electron chi connectivity index (χ1n) is 8.80. The molecule has 2 fully saturated rings. The molecule has 1 N–H and O–H groups in total. The summed E-state index contributed by atoms with van der Waals surface area (Å²) >= 11 is 0. The molecule has 0 aromatic carbocycles. The number of hydrogen-bond donors (Lipinski definition) is 1. The Labute approximate surface area is 146 Å². The van der Waals surface area contributed by atoms with Crippen LogP contribution in [0.25, 0.3) is 5.65 Å². The van der Waals surface area contributed by atoms with E-state index in [9.17, 15) is 4.79 Å². The number of aliphatic hydroxyl groups excluding tert-OH is 1. The van der Waals surface area contributed by atoms with Gasteiger partial charge in [-0.3, -0.25) is 9.69 Å². The number of fused-ring (bicyclic) bond motifs is 2. The van der Waals surface area contributed by atoms with Gasteiger partial charge in [-0.2, -0.15) is 5.10 Å². The molecule has 2 aromatic rings. The van der Waals surface area contributed by atoms with Crippen LogP contribution in [-0.4, -0.2) is 99.3 Å². The summed E-state index contributed by atoms with van der Waals surface area (Å²) < 4.78 is 1.63. The largest absolute Gasteiger partial charge is 0.396 e. The molecule has 0 aliphatic carbocycles. The van der Waals surface area contributed by atoms with E-state index in [2.05, 4.69) is 26.9 Å². The normalized spacial score (nSPS) is 22.3. The number of aliphatic hydroxyl groups is 1. The summed E-state index contributed by atoms with van der Waals surface area (Å²) in [7, 11) is 2.14. The molecule has 2 aromatic heterocycles. The fourth-order valence-corrected chi connectivity index (χ4v) is 3.79. The van der Waals surface area contributed by atoms with E-state index in [-0.39, 0.29) is 12.5 Å². The minimum absolute atomic E-state index is 0.00489. The zero-order valence-electron chi connectivity index (χ0n) is 14.5. The van der Waals surface area contributed by atoms with E-state index in [0.29, 0.717) is 23.7 Å². The van der Waals surface area contributed by atoms with E-state index < -0.39 is 0 Å². The zero-order valence-corrected chi connectivity index (χ0v) is 14.5. The van der Waals surface area contributed by atoms with Crippen LogP contribution in [0.5, 0.6) is 0 Å². The van der Waals surface area contributed by atoms with Crippen LogP contribution < -0.4 is 0 Å². The zero-order chi connectivity index (χ0) is 17.4. The second kappa shape index (κ2) is 6.70. The van der Waals surface area contributed by atoms with Crippen molar-refractivity contribution in [1.82, 2.24) is 29.3 Å². The Morgan fingerprint density at radius 3 is 2.92 bits per heavy atom. The van der Waals surface area contributed by atoms with Crippen molar-refractivity contribution in [2.75, 3.05) is 52.9 Å². The molecule has 8 nitrogen and oxygen atoms in total. The Kier molecular flexibility index (Phi) is 4.41.